The van der Waals surface area contributed by atoms with Crippen LogP contribution in [0.15, 0.2) is 54.1 Å². The number of carbonyl (C=O) groups is 2. The summed E-state index contributed by atoms with van der Waals surface area (Å²) in [4.78, 5) is 26.4. The van der Waals surface area contributed by atoms with E-state index in [4.69, 9.17) is 9.47 Å². The number of nitrogens with zero attached hydrogens (tertiary/aromatic N) is 1. The van der Waals surface area contributed by atoms with E-state index < -0.39 is 64.9 Å². The standard InChI is InChI=1S/C36H33F8NO5/c1-18-31(20-10-22(35(39,40)41)13-23(11-20)36(42,43)44)50-33(47)45(18)17-21-16-34(2,3)9-8-24(21)27-14-26(29(38)15-30(27)48-4)25-7-6-19(12-28(25)37)32(46)49-5/h6-7,10-15,18,31H,8-9,16-17H2,1-5H3/t18-,31-/m0/s1. The van der Waals surface area contributed by atoms with E-state index in [0.717, 1.165) is 19.2 Å². The molecule has 1 saturated heterocycles. The van der Waals surface area contributed by atoms with Crippen molar-refractivity contribution in [3.05, 3.63) is 93.6 Å². The maximum atomic E-state index is 15.5. The number of rotatable bonds is 7. The van der Waals surface area contributed by atoms with Crippen molar-refractivity contribution in [1.82, 2.24) is 4.90 Å². The summed E-state index contributed by atoms with van der Waals surface area (Å²) < 4.78 is 128. The van der Waals surface area contributed by atoms with Crippen LogP contribution in [0.25, 0.3) is 16.7 Å². The zero-order chi connectivity index (χ0) is 36.9. The summed E-state index contributed by atoms with van der Waals surface area (Å²) in [5, 5.41) is 0. The van der Waals surface area contributed by atoms with E-state index in [1.165, 1.54) is 37.1 Å². The van der Waals surface area contributed by atoms with Gasteiger partial charge in [0.15, 0.2) is 0 Å². The monoisotopic (exact) mass is 711 g/mol. The van der Waals surface area contributed by atoms with Crippen LogP contribution in [-0.4, -0.2) is 43.8 Å². The third-order valence-corrected chi connectivity index (χ3v) is 9.16. The van der Waals surface area contributed by atoms with E-state index in [1.807, 2.05) is 13.8 Å². The van der Waals surface area contributed by atoms with E-state index in [0.29, 0.717) is 48.1 Å². The molecule has 268 valence electrons. The first-order chi connectivity index (χ1) is 23.2. The molecule has 1 fully saturated rings. The minimum Gasteiger partial charge on any atom is -0.496 e. The number of ether oxygens (including phenoxy) is 3. The predicted molar refractivity (Wildman–Crippen MR) is 166 cm³/mol. The molecule has 1 aliphatic heterocycles. The maximum absolute atomic E-state index is 15.5. The van der Waals surface area contributed by atoms with Crippen LogP contribution in [0.2, 0.25) is 0 Å². The third-order valence-electron chi connectivity index (χ3n) is 9.16. The molecule has 0 bridgehead atoms. The van der Waals surface area contributed by atoms with Crippen LogP contribution < -0.4 is 4.74 Å². The van der Waals surface area contributed by atoms with E-state index in [1.54, 1.807) is 0 Å². The summed E-state index contributed by atoms with van der Waals surface area (Å²) in [5.41, 5.74) is -2.45. The van der Waals surface area contributed by atoms with Crippen LogP contribution >= 0.6 is 0 Å². The highest BCUT2D eigenvalue weighted by molar-refractivity contribution is 5.90. The number of halogens is 8. The molecule has 50 heavy (non-hydrogen) atoms. The minimum atomic E-state index is -5.09. The van der Waals surface area contributed by atoms with Gasteiger partial charge in [0.2, 0.25) is 0 Å². The van der Waals surface area contributed by atoms with Gasteiger partial charge in [-0.1, -0.05) is 19.9 Å². The quantitative estimate of drug-likeness (QED) is 0.180. The third kappa shape index (κ3) is 7.29. The van der Waals surface area contributed by atoms with Crippen molar-refractivity contribution >= 4 is 17.6 Å². The number of esters is 1. The summed E-state index contributed by atoms with van der Waals surface area (Å²) in [7, 11) is 2.46. The Kier molecular flexibility index (Phi) is 9.72. The lowest BCUT2D eigenvalue weighted by atomic mass is 9.72. The Hall–Kier alpha value is -4.62. The Balaban J connectivity index is 1.57. The van der Waals surface area contributed by atoms with Gasteiger partial charge in [0, 0.05) is 29.3 Å². The first-order valence-corrected chi connectivity index (χ1v) is 15.5. The number of carbonyl (C=O) groups excluding carboxylic acids is 2. The summed E-state index contributed by atoms with van der Waals surface area (Å²) in [6.07, 6.45) is -11.1. The number of methoxy groups -OCH3 is 2. The summed E-state index contributed by atoms with van der Waals surface area (Å²) in [6.45, 7) is 5.34. The number of allylic oxidation sites excluding steroid dienone is 1. The lowest BCUT2D eigenvalue weighted by Gasteiger charge is -2.36. The van der Waals surface area contributed by atoms with E-state index in [2.05, 4.69) is 4.74 Å². The molecule has 2 aliphatic rings. The number of alkyl halides is 6. The fourth-order valence-electron chi connectivity index (χ4n) is 6.54. The zero-order valence-corrected chi connectivity index (χ0v) is 27.6. The molecule has 3 aromatic carbocycles. The van der Waals surface area contributed by atoms with E-state index in [-0.39, 0.29) is 40.5 Å². The van der Waals surface area contributed by atoms with Crippen molar-refractivity contribution in [2.75, 3.05) is 20.8 Å². The smallest absolute Gasteiger partial charge is 0.416 e. The van der Waals surface area contributed by atoms with Crippen molar-refractivity contribution in [2.45, 2.75) is 64.5 Å². The molecule has 1 heterocycles. The van der Waals surface area contributed by atoms with Crippen LogP contribution in [0.3, 0.4) is 0 Å². The number of hydrogen-bond acceptors (Lipinski definition) is 5. The number of benzene rings is 3. The predicted octanol–water partition coefficient (Wildman–Crippen LogP) is 10.0. The SMILES string of the molecule is COC(=O)c1ccc(-c2cc(C3=C(CN4C(=O)O[C@H](c5cc(C(F)(F)F)cc(C(F)(F)F)c5)[C@@H]4C)CC(C)(C)CC3)c(OC)cc2F)c(F)c1. The first-order valence-electron chi connectivity index (χ1n) is 15.5. The fraction of sp³-hybridized carbons (Fsp3) is 0.389. The van der Waals surface area contributed by atoms with Crippen LogP contribution in [0.4, 0.5) is 39.9 Å². The van der Waals surface area contributed by atoms with Crippen LogP contribution in [-0.2, 0) is 21.8 Å². The Bertz CT molecular complexity index is 1830. The van der Waals surface area contributed by atoms with E-state index >= 15 is 8.78 Å². The van der Waals surface area contributed by atoms with Crippen LogP contribution in [0.5, 0.6) is 5.75 Å². The molecule has 14 heteroatoms. The molecule has 1 aliphatic carbocycles. The van der Waals surface area contributed by atoms with Gasteiger partial charge in [-0.15, -0.1) is 0 Å². The lowest BCUT2D eigenvalue weighted by Crippen LogP contribution is -2.35. The van der Waals surface area contributed by atoms with Gasteiger partial charge in [-0.05, 0) is 84.7 Å². The molecule has 1 amide bonds. The largest absolute Gasteiger partial charge is 0.496 e. The van der Waals surface area contributed by atoms with E-state index in [9.17, 15) is 35.9 Å². The second kappa shape index (κ2) is 13.3. The molecule has 0 aromatic heterocycles. The summed E-state index contributed by atoms with van der Waals surface area (Å²) in [5.74, 6) is -2.36. The average molecular weight is 712 g/mol. The molecule has 0 radical (unpaired) electrons. The first kappa shape index (κ1) is 36.7. The highest BCUT2D eigenvalue weighted by Gasteiger charge is 2.44. The number of amides is 1. The molecular formula is C36H33F8NO5. The zero-order valence-electron chi connectivity index (χ0n) is 27.6. The van der Waals surface area contributed by atoms with Crippen molar-refractivity contribution in [1.29, 1.82) is 0 Å². The number of hydrogen-bond donors (Lipinski definition) is 0. The average Bonchev–Trinajstić information content (AvgIpc) is 3.31. The van der Waals surface area contributed by atoms with Crippen molar-refractivity contribution in [3.63, 3.8) is 0 Å². The molecule has 0 spiro atoms. The molecule has 5 rings (SSSR count). The second-order valence-corrected chi connectivity index (χ2v) is 13.2. The second-order valence-electron chi connectivity index (χ2n) is 13.2. The Morgan fingerprint density at radius 3 is 2.08 bits per heavy atom. The minimum absolute atomic E-state index is 0.00755. The molecule has 0 saturated carbocycles. The summed E-state index contributed by atoms with van der Waals surface area (Å²) in [6, 6.07) is 6.08. The van der Waals surface area contributed by atoms with Gasteiger partial charge in [0.1, 0.15) is 23.5 Å². The van der Waals surface area contributed by atoms with Crippen molar-refractivity contribution < 1.29 is 58.9 Å². The topological polar surface area (TPSA) is 65.1 Å². The Morgan fingerprint density at radius 2 is 1.52 bits per heavy atom. The van der Waals surface area contributed by atoms with Gasteiger partial charge in [0.05, 0.1) is 37.0 Å². The fourth-order valence-corrected chi connectivity index (χ4v) is 6.54. The van der Waals surface area contributed by atoms with Gasteiger partial charge >= 0.3 is 24.4 Å². The van der Waals surface area contributed by atoms with Crippen LogP contribution in [0, 0.1) is 17.0 Å². The van der Waals surface area contributed by atoms with Crippen molar-refractivity contribution in [2.24, 2.45) is 5.41 Å². The highest BCUT2D eigenvalue weighted by atomic mass is 19.4. The molecular weight excluding hydrogens is 678 g/mol. The van der Waals surface area contributed by atoms with Crippen LogP contribution in [0.1, 0.15) is 78.7 Å². The Labute approximate surface area is 282 Å². The molecule has 2 atom stereocenters. The van der Waals surface area contributed by atoms with Gasteiger partial charge in [-0.3, -0.25) is 4.90 Å². The van der Waals surface area contributed by atoms with Gasteiger partial charge in [-0.25, -0.2) is 18.4 Å². The molecule has 6 nitrogen and oxygen atoms in total. The molecule has 0 unspecified atom stereocenters. The molecule has 0 N–H and O–H groups in total. The normalized spacial score (nSPS) is 19.5. The van der Waals surface area contributed by atoms with Gasteiger partial charge < -0.3 is 14.2 Å². The summed E-state index contributed by atoms with van der Waals surface area (Å²) >= 11 is 0. The highest BCUT2D eigenvalue weighted by Crippen LogP contribution is 2.47. The molecule has 3 aromatic rings. The van der Waals surface area contributed by atoms with Gasteiger partial charge in [0.25, 0.3) is 0 Å². The van der Waals surface area contributed by atoms with Gasteiger partial charge in [-0.2, -0.15) is 26.3 Å². The lowest BCUT2D eigenvalue weighted by molar-refractivity contribution is -0.143. The number of cyclic esters (lactones) is 1. The Morgan fingerprint density at radius 1 is 0.900 bits per heavy atom. The van der Waals surface area contributed by atoms with Crippen molar-refractivity contribution in [3.8, 4) is 16.9 Å². The maximum Gasteiger partial charge on any atom is 0.416 e.